The molecule has 2 amide bonds. The Kier molecular flexibility index (Phi) is 6.31. The maximum atomic E-state index is 12.6. The lowest BCUT2D eigenvalue weighted by Crippen LogP contribution is -2.14. The molecule has 0 aliphatic rings. The Bertz CT molecular complexity index is 1370. The Morgan fingerprint density at radius 2 is 1.62 bits per heavy atom. The molecule has 0 atom stereocenters. The van der Waals surface area contributed by atoms with E-state index in [2.05, 4.69) is 15.6 Å². The second-order valence-electron chi connectivity index (χ2n) is 8.14. The van der Waals surface area contributed by atoms with Gasteiger partial charge in [-0.3, -0.25) is 9.59 Å². The van der Waals surface area contributed by atoms with Crippen molar-refractivity contribution >= 4 is 45.6 Å². The summed E-state index contributed by atoms with van der Waals surface area (Å²) in [6, 6.07) is 21.8. The molecule has 0 radical (unpaired) electrons. The smallest absolute Gasteiger partial charge is 0.255 e. The molecule has 1 aromatic heterocycles. The molecule has 0 unspecified atom stereocenters. The lowest BCUT2D eigenvalue weighted by molar-refractivity contribution is 0.0997. The summed E-state index contributed by atoms with van der Waals surface area (Å²) >= 11 is 0. The van der Waals surface area contributed by atoms with Crippen molar-refractivity contribution in [3.8, 4) is 0 Å². The molecule has 4 aromatic rings. The Labute approximate surface area is 197 Å². The van der Waals surface area contributed by atoms with Crippen LogP contribution in [0.15, 0.2) is 72.8 Å². The highest BCUT2D eigenvalue weighted by Gasteiger charge is 2.10. The van der Waals surface area contributed by atoms with Gasteiger partial charge in [0.2, 0.25) is 5.91 Å². The molecule has 0 saturated carbocycles. The van der Waals surface area contributed by atoms with Crippen molar-refractivity contribution in [1.29, 1.82) is 0 Å². The minimum Gasteiger partial charge on any atom is -0.397 e. The second kappa shape index (κ2) is 9.50. The first-order valence-corrected chi connectivity index (χ1v) is 10.7. The number of pyridine rings is 1. The molecule has 34 heavy (non-hydrogen) atoms. The Morgan fingerprint density at radius 3 is 2.29 bits per heavy atom. The van der Waals surface area contributed by atoms with Gasteiger partial charge in [-0.2, -0.15) is 0 Å². The van der Waals surface area contributed by atoms with Gasteiger partial charge in [-0.15, -0.1) is 0 Å². The number of nitrogens with two attached hydrogens (primary N) is 2. The Balaban J connectivity index is 1.40. The van der Waals surface area contributed by atoms with Crippen molar-refractivity contribution in [3.05, 3.63) is 89.5 Å². The van der Waals surface area contributed by atoms with Crippen LogP contribution in [0.5, 0.6) is 0 Å². The summed E-state index contributed by atoms with van der Waals surface area (Å²) in [5.41, 5.74) is 16.1. The fraction of sp³-hybridized carbons (Fsp3) is 0.115. The molecule has 0 aliphatic heterocycles. The quantitative estimate of drug-likeness (QED) is 0.314. The fourth-order valence-electron chi connectivity index (χ4n) is 3.47. The van der Waals surface area contributed by atoms with Gasteiger partial charge in [0.15, 0.2) is 0 Å². The third kappa shape index (κ3) is 5.07. The number of carbonyl (C=O) groups excluding carboxylic acids is 2. The minimum absolute atomic E-state index is 0.231. The Morgan fingerprint density at radius 1 is 0.912 bits per heavy atom. The number of amides is 2. The van der Waals surface area contributed by atoms with E-state index in [0.29, 0.717) is 40.4 Å². The molecule has 0 bridgehead atoms. The maximum absolute atomic E-state index is 12.6. The average Bonchev–Trinajstić information content (AvgIpc) is 2.83. The largest absolute Gasteiger partial charge is 0.397 e. The molecular formula is C26H26N6O2. The van der Waals surface area contributed by atoms with E-state index in [-0.39, 0.29) is 5.91 Å². The molecular weight excluding hydrogens is 428 g/mol. The molecule has 0 aliphatic carbocycles. The molecule has 8 heteroatoms. The van der Waals surface area contributed by atoms with Crippen LogP contribution in [-0.4, -0.2) is 30.9 Å². The topological polar surface area (TPSA) is 126 Å². The number of anilines is 4. The van der Waals surface area contributed by atoms with Gasteiger partial charge in [0.05, 0.1) is 16.9 Å². The number of rotatable bonds is 7. The maximum Gasteiger partial charge on any atom is 0.255 e. The number of hydrogen-bond donors (Lipinski definition) is 4. The minimum atomic E-state index is -0.487. The van der Waals surface area contributed by atoms with Gasteiger partial charge in [-0.1, -0.05) is 18.2 Å². The predicted octanol–water partition coefficient (Wildman–Crippen LogP) is 3.85. The van der Waals surface area contributed by atoms with Crippen molar-refractivity contribution in [2.75, 3.05) is 35.4 Å². The molecule has 0 fully saturated rings. The van der Waals surface area contributed by atoms with Crippen LogP contribution in [0.1, 0.15) is 26.3 Å². The second-order valence-corrected chi connectivity index (χ2v) is 8.14. The molecule has 6 N–H and O–H groups in total. The summed E-state index contributed by atoms with van der Waals surface area (Å²) in [6.07, 6.45) is 0. The number of fused-ring (bicyclic) bond motifs is 1. The van der Waals surface area contributed by atoms with Crippen LogP contribution in [0, 0.1) is 0 Å². The summed E-state index contributed by atoms with van der Waals surface area (Å²) in [5.74, 6) is -0.0442. The number of aromatic nitrogens is 1. The van der Waals surface area contributed by atoms with Crippen LogP contribution in [0.3, 0.4) is 0 Å². The van der Waals surface area contributed by atoms with Crippen molar-refractivity contribution in [1.82, 2.24) is 4.98 Å². The zero-order valence-electron chi connectivity index (χ0n) is 19.0. The third-order valence-corrected chi connectivity index (χ3v) is 5.47. The van der Waals surface area contributed by atoms with E-state index in [0.717, 1.165) is 16.6 Å². The van der Waals surface area contributed by atoms with Crippen LogP contribution in [0.4, 0.5) is 22.9 Å². The van der Waals surface area contributed by atoms with E-state index in [1.807, 2.05) is 61.5 Å². The van der Waals surface area contributed by atoms with Crippen LogP contribution >= 0.6 is 0 Å². The molecule has 0 saturated heterocycles. The van der Waals surface area contributed by atoms with E-state index in [9.17, 15) is 9.59 Å². The van der Waals surface area contributed by atoms with Gasteiger partial charge in [0, 0.05) is 42.8 Å². The first kappa shape index (κ1) is 22.6. The van der Waals surface area contributed by atoms with Gasteiger partial charge in [-0.05, 0) is 60.2 Å². The standard InChI is InChI=1S/C26H26N6O2/c1-32(2)20-10-11-22(21(27)14-20)31-26(34)18-5-3-16(4-6-18)15-29-24-12-9-17-7-8-19(25(28)33)13-23(17)30-24/h3-14H,15,27H2,1-2H3,(H2,28,33)(H,29,30)(H,31,34). The average molecular weight is 455 g/mol. The van der Waals surface area contributed by atoms with E-state index >= 15 is 0 Å². The lowest BCUT2D eigenvalue weighted by Gasteiger charge is -2.15. The molecule has 172 valence electrons. The van der Waals surface area contributed by atoms with Crippen molar-refractivity contribution < 1.29 is 9.59 Å². The first-order valence-electron chi connectivity index (χ1n) is 10.7. The van der Waals surface area contributed by atoms with Crippen molar-refractivity contribution in [2.24, 2.45) is 5.73 Å². The monoisotopic (exact) mass is 454 g/mol. The number of carbonyl (C=O) groups is 2. The van der Waals surface area contributed by atoms with Gasteiger partial charge >= 0.3 is 0 Å². The van der Waals surface area contributed by atoms with E-state index in [1.54, 1.807) is 30.3 Å². The number of nitrogen functional groups attached to an aromatic ring is 1. The number of hydrogen-bond acceptors (Lipinski definition) is 6. The summed E-state index contributed by atoms with van der Waals surface area (Å²) in [5, 5.41) is 7.04. The highest BCUT2D eigenvalue weighted by Crippen LogP contribution is 2.25. The first-order chi connectivity index (χ1) is 16.3. The molecule has 0 spiro atoms. The summed E-state index contributed by atoms with van der Waals surface area (Å²) in [4.78, 5) is 30.6. The number of nitrogens with zero attached hydrogens (tertiary/aromatic N) is 2. The fourth-order valence-corrected chi connectivity index (χ4v) is 3.47. The highest BCUT2D eigenvalue weighted by molar-refractivity contribution is 6.06. The van der Waals surface area contributed by atoms with Gasteiger partial charge in [-0.25, -0.2) is 4.98 Å². The van der Waals surface area contributed by atoms with Crippen molar-refractivity contribution in [3.63, 3.8) is 0 Å². The van der Waals surface area contributed by atoms with E-state index in [4.69, 9.17) is 11.5 Å². The molecule has 8 nitrogen and oxygen atoms in total. The van der Waals surface area contributed by atoms with Gasteiger partial charge in [0.25, 0.3) is 5.91 Å². The lowest BCUT2D eigenvalue weighted by atomic mass is 10.1. The van der Waals surface area contributed by atoms with E-state index < -0.39 is 5.91 Å². The predicted molar refractivity (Wildman–Crippen MR) is 137 cm³/mol. The number of primary amides is 1. The highest BCUT2D eigenvalue weighted by atomic mass is 16.2. The summed E-state index contributed by atoms with van der Waals surface area (Å²) in [7, 11) is 3.86. The van der Waals surface area contributed by atoms with Crippen LogP contribution < -0.4 is 27.0 Å². The summed E-state index contributed by atoms with van der Waals surface area (Å²) < 4.78 is 0. The zero-order valence-corrected chi connectivity index (χ0v) is 19.0. The molecule has 1 heterocycles. The van der Waals surface area contributed by atoms with Gasteiger partial charge in [0.1, 0.15) is 5.82 Å². The summed E-state index contributed by atoms with van der Waals surface area (Å²) in [6.45, 7) is 0.523. The molecule has 3 aromatic carbocycles. The third-order valence-electron chi connectivity index (χ3n) is 5.47. The Hall–Kier alpha value is -4.59. The van der Waals surface area contributed by atoms with Gasteiger partial charge < -0.3 is 27.0 Å². The number of benzene rings is 3. The normalized spacial score (nSPS) is 10.6. The van der Waals surface area contributed by atoms with Crippen LogP contribution in [0.2, 0.25) is 0 Å². The van der Waals surface area contributed by atoms with E-state index in [1.165, 1.54) is 0 Å². The molecule has 4 rings (SSSR count). The van der Waals surface area contributed by atoms with Crippen molar-refractivity contribution in [2.45, 2.75) is 6.54 Å². The zero-order chi connectivity index (χ0) is 24.2. The van der Waals surface area contributed by atoms with Crippen LogP contribution in [0.25, 0.3) is 10.9 Å². The number of nitrogens with one attached hydrogen (secondary N) is 2. The SMILES string of the molecule is CN(C)c1ccc(NC(=O)c2ccc(CNc3ccc4ccc(C(N)=O)cc4n3)cc2)c(N)c1. The van der Waals surface area contributed by atoms with Crippen LogP contribution in [-0.2, 0) is 6.54 Å².